The number of hydrogen-bond acceptors (Lipinski definition) is 4. The lowest BCUT2D eigenvalue weighted by Crippen LogP contribution is -2.13. The Bertz CT molecular complexity index is 608. The van der Waals surface area contributed by atoms with Crippen LogP contribution in [0.15, 0.2) is 48.8 Å². The number of benzene rings is 1. The molecule has 2 aromatic rings. The van der Waals surface area contributed by atoms with Gasteiger partial charge in [0.1, 0.15) is 5.75 Å². The van der Waals surface area contributed by atoms with Gasteiger partial charge in [-0.2, -0.15) is 5.26 Å². The maximum Gasteiger partial charge on any atom is 0.140 e. The molecule has 0 aliphatic heterocycles. The van der Waals surface area contributed by atoms with E-state index in [0.717, 1.165) is 11.1 Å². The fraction of sp³-hybridized carbons (Fsp3) is 0.294. The number of aromatic nitrogens is 1. The van der Waals surface area contributed by atoms with Gasteiger partial charge in [-0.05, 0) is 18.1 Å². The average molecular weight is 282 g/mol. The average Bonchev–Trinajstić information content (AvgIpc) is 2.55. The Morgan fingerprint density at radius 3 is 2.67 bits per heavy atom. The van der Waals surface area contributed by atoms with Crippen molar-refractivity contribution in [3.8, 4) is 11.8 Å². The normalized spacial score (nSPS) is 13.2. The molecule has 4 heteroatoms. The fourth-order valence-electron chi connectivity index (χ4n) is 2.57. The van der Waals surface area contributed by atoms with Crippen LogP contribution in [0.2, 0.25) is 0 Å². The van der Waals surface area contributed by atoms with E-state index in [4.69, 9.17) is 4.74 Å². The first kappa shape index (κ1) is 15.0. The maximum absolute atomic E-state index is 9.61. The number of ether oxygens (including phenoxy) is 1. The van der Waals surface area contributed by atoms with Gasteiger partial charge in [-0.3, -0.25) is 4.98 Å². The molecule has 1 N–H and O–H groups in total. The summed E-state index contributed by atoms with van der Waals surface area (Å²) in [6, 6.07) is 13.8. The summed E-state index contributed by atoms with van der Waals surface area (Å²) in [6.45, 7) is 0.0150. The highest BCUT2D eigenvalue weighted by molar-refractivity contribution is 5.39. The van der Waals surface area contributed by atoms with E-state index in [1.807, 2.05) is 36.4 Å². The molecule has 2 rings (SSSR count). The lowest BCUT2D eigenvalue weighted by molar-refractivity contribution is 0.270. The molecular formula is C17H18N2O2. The molecule has 0 saturated carbocycles. The fourth-order valence-corrected chi connectivity index (χ4v) is 2.57. The molecule has 4 nitrogen and oxygen atoms in total. The van der Waals surface area contributed by atoms with Crippen LogP contribution in [0.5, 0.6) is 5.75 Å². The van der Waals surface area contributed by atoms with Crippen LogP contribution in [0.3, 0.4) is 0 Å². The summed E-state index contributed by atoms with van der Waals surface area (Å²) in [6.07, 6.45) is 3.81. The summed E-state index contributed by atoms with van der Waals surface area (Å²) in [5, 5.41) is 19.0. The first-order valence-electron chi connectivity index (χ1n) is 6.85. The molecule has 0 amide bonds. The number of nitrogens with zero attached hydrogens (tertiary/aromatic N) is 2. The molecule has 108 valence electrons. The summed E-state index contributed by atoms with van der Waals surface area (Å²) in [5.74, 6) is 0.169. The van der Waals surface area contributed by atoms with Crippen molar-refractivity contribution in [2.45, 2.75) is 18.3 Å². The van der Waals surface area contributed by atoms with Crippen molar-refractivity contribution < 1.29 is 9.84 Å². The summed E-state index contributed by atoms with van der Waals surface area (Å²) >= 11 is 0. The number of rotatable bonds is 6. The van der Waals surface area contributed by atoms with Crippen molar-refractivity contribution in [2.75, 3.05) is 13.7 Å². The Balaban J connectivity index is 2.44. The minimum Gasteiger partial charge on any atom is -0.495 e. The molecular weight excluding hydrogens is 264 g/mol. The predicted molar refractivity (Wildman–Crippen MR) is 80.0 cm³/mol. The predicted octanol–water partition coefficient (Wildman–Crippen LogP) is 2.86. The first-order chi connectivity index (χ1) is 10.3. The van der Waals surface area contributed by atoms with Gasteiger partial charge in [-0.1, -0.05) is 30.3 Å². The van der Waals surface area contributed by atoms with Crippen molar-refractivity contribution in [1.29, 1.82) is 5.26 Å². The van der Waals surface area contributed by atoms with E-state index in [9.17, 15) is 10.4 Å². The van der Waals surface area contributed by atoms with E-state index in [1.54, 1.807) is 19.5 Å². The van der Waals surface area contributed by atoms with Crippen LogP contribution < -0.4 is 4.74 Å². The van der Waals surface area contributed by atoms with E-state index in [2.05, 4.69) is 11.1 Å². The van der Waals surface area contributed by atoms with E-state index in [0.29, 0.717) is 12.2 Å². The van der Waals surface area contributed by atoms with Crippen LogP contribution >= 0.6 is 0 Å². The highest BCUT2D eigenvalue weighted by Gasteiger charge is 2.26. The zero-order valence-corrected chi connectivity index (χ0v) is 11.9. The summed E-state index contributed by atoms with van der Waals surface area (Å²) < 4.78 is 5.35. The van der Waals surface area contributed by atoms with Crippen molar-refractivity contribution in [3.63, 3.8) is 0 Å². The zero-order valence-electron chi connectivity index (χ0n) is 11.9. The smallest absolute Gasteiger partial charge is 0.140 e. The Hall–Kier alpha value is -2.38. The van der Waals surface area contributed by atoms with Gasteiger partial charge in [0.15, 0.2) is 0 Å². The molecule has 0 aliphatic carbocycles. The van der Waals surface area contributed by atoms with Crippen LogP contribution in [-0.4, -0.2) is 23.8 Å². The van der Waals surface area contributed by atoms with Gasteiger partial charge in [0, 0.05) is 24.3 Å². The molecule has 0 radical (unpaired) electrons. The summed E-state index contributed by atoms with van der Waals surface area (Å²) in [5.41, 5.74) is 1.84. The van der Waals surface area contributed by atoms with Gasteiger partial charge < -0.3 is 9.84 Å². The Kier molecular flexibility index (Phi) is 5.30. The highest BCUT2D eigenvalue weighted by Crippen LogP contribution is 2.38. The number of aliphatic hydroxyl groups excluding tert-OH is 1. The van der Waals surface area contributed by atoms with Gasteiger partial charge in [0.05, 0.1) is 25.3 Å². The third-order valence-electron chi connectivity index (χ3n) is 3.58. The summed E-state index contributed by atoms with van der Waals surface area (Å²) in [7, 11) is 1.58. The largest absolute Gasteiger partial charge is 0.495 e. The molecule has 0 spiro atoms. The molecule has 1 aromatic carbocycles. The second-order valence-corrected chi connectivity index (χ2v) is 4.75. The lowest BCUT2D eigenvalue weighted by atomic mass is 9.80. The molecule has 0 aliphatic rings. The van der Waals surface area contributed by atoms with Crippen molar-refractivity contribution in [3.05, 3.63) is 59.9 Å². The third kappa shape index (κ3) is 3.39. The van der Waals surface area contributed by atoms with Gasteiger partial charge >= 0.3 is 0 Å². The van der Waals surface area contributed by atoms with Crippen LogP contribution in [-0.2, 0) is 0 Å². The van der Waals surface area contributed by atoms with Crippen molar-refractivity contribution >= 4 is 0 Å². The van der Waals surface area contributed by atoms with Gasteiger partial charge in [0.2, 0.25) is 0 Å². The van der Waals surface area contributed by atoms with E-state index in [-0.39, 0.29) is 18.4 Å². The number of nitriles is 1. The van der Waals surface area contributed by atoms with Crippen LogP contribution in [0.1, 0.15) is 29.4 Å². The van der Waals surface area contributed by atoms with Crippen LogP contribution in [0, 0.1) is 11.3 Å². The third-order valence-corrected chi connectivity index (χ3v) is 3.58. The molecule has 0 fully saturated rings. The highest BCUT2D eigenvalue weighted by atomic mass is 16.5. The van der Waals surface area contributed by atoms with Crippen LogP contribution in [0.4, 0.5) is 0 Å². The van der Waals surface area contributed by atoms with Gasteiger partial charge in [0.25, 0.3) is 0 Å². The topological polar surface area (TPSA) is 66.1 Å². The van der Waals surface area contributed by atoms with Crippen molar-refractivity contribution in [2.24, 2.45) is 0 Å². The Morgan fingerprint density at radius 2 is 2.05 bits per heavy atom. The first-order valence-corrected chi connectivity index (χ1v) is 6.85. The summed E-state index contributed by atoms with van der Waals surface area (Å²) in [4.78, 5) is 4.05. The van der Waals surface area contributed by atoms with E-state index >= 15 is 0 Å². The van der Waals surface area contributed by atoms with Gasteiger partial charge in [-0.25, -0.2) is 0 Å². The molecule has 0 unspecified atom stereocenters. The Morgan fingerprint density at radius 1 is 1.29 bits per heavy atom. The second-order valence-electron chi connectivity index (χ2n) is 4.75. The molecule has 2 atom stereocenters. The minimum atomic E-state index is -0.338. The standard InChI is InChI=1S/C17H18N2O2/c1-21-17-12-19-9-7-15(17)14(8-10-20)16(11-18)13-5-3-2-4-6-13/h2-7,9,12,14,16,20H,8,10H2,1H3/t14-,16-/m0/s1. The Labute approximate surface area is 124 Å². The SMILES string of the molecule is COc1cnccc1[C@H](CCO)[C@@H](C#N)c1ccccc1. The molecule has 0 saturated heterocycles. The number of methoxy groups -OCH3 is 1. The molecule has 0 bridgehead atoms. The quantitative estimate of drug-likeness (QED) is 0.884. The number of aliphatic hydroxyl groups is 1. The number of pyridine rings is 1. The van der Waals surface area contributed by atoms with E-state index < -0.39 is 0 Å². The van der Waals surface area contributed by atoms with Crippen molar-refractivity contribution in [1.82, 2.24) is 4.98 Å². The monoisotopic (exact) mass is 282 g/mol. The number of hydrogen-bond donors (Lipinski definition) is 1. The second kappa shape index (κ2) is 7.41. The zero-order chi connectivity index (χ0) is 15.1. The molecule has 1 aromatic heterocycles. The van der Waals surface area contributed by atoms with Crippen LogP contribution in [0.25, 0.3) is 0 Å². The maximum atomic E-state index is 9.61. The minimum absolute atomic E-state index is 0.0150. The van der Waals surface area contributed by atoms with E-state index in [1.165, 1.54) is 0 Å². The lowest BCUT2D eigenvalue weighted by Gasteiger charge is -2.23. The molecule has 1 heterocycles. The van der Waals surface area contributed by atoms with Gasteiger partial charge in [-0.15, -0.1) is 0 Å². The molecule has 21 heavy (non-hydrogen) atoms.